The van der Waals surface area contributed by atoms with Gasteiger partial charge >= 0.3 is 0 Å². The number of aromatic nitrogens is 2. The number of hydrogen-bond acceptors (Lipinski definition) is 5. The largest absolute Gasteiger partial charge is 0.369 e. The van der Waals surface area contributed by atoms with Gasteiger partial charge in [-0.2, -0.15) is 0 Å². The van der Waals surface area contributed by atoms with Crippen molar-refractivity contribution in [3.05, 3.63) is 15.1 Å². The summed E-state index contributed by atoms with van der Waals surface area (Å²) in [7, 11) is 0. The number of aryl methyl sites for hydroxylation is 1. The van der Waals surface area contributed by atoms with Crippen LogP contribution in [0.15, 0.2) is 0 Å². The van der Waals surface area contributed by atoms with Gasteiger partial charge in [-0.15, -0.1) is 0 Å². The van der Waals surface area contributed by atoms with Gasteiger partial charge in [-0.25, -0.2) is 9.97 Å². The molecule has 3 rings (SSSR count). The number of morpholine rings is 1. The molecule has 0 amide bonds. The van der Waals surface area contributed by atoms with Gasteiger partial charge in [-0.05, 0) is 55.8 Å². The lowest BCUT2D eigenvalue weighted by Crippen LogP contribution is -2.43. The summed E-state index contributed by atoms with van der Waals surface area (Å²) < 4.78 is 7.11. The molecule has 2 aliphatic rings. The molecule has 0 aliphatic carbocycles. The molecule has 6 heteroatoms. The molecule has 1 aromatic rings. The predicted molar refractivity (Wildman–Crippen MR) is 86.9 cm³/mol. The third kappa shape index (κ3) is 2.78. The zero-order valence-corrected chi connectivity index (χ0v) is 14.2. The summed E-state index contributed by atoms with van der Waals surface area (Å²) in [5.41, 5.74) is 1.03. The van der Waals surface area contributed by atoms with Crippen molar-refractivity contribution in [1.82, 2.24) is 14.9 Å². The van der Waals surface area contributed by atoms with Gasteiger partial charge < -0.3 is 10.1 Å². The number of rotatable bonds is 3. The summed E-state index contributed by atoms with van der Waals surface area (Å²) in [5.74, 6) is 1.76. The molecule has 0 radical (unpaired) electrons. The van der Waals surface area contributed by atoms with E-state index < -0.39 is 0 Å². The Morgan fingerprint density at radius 2 is 2.30 bits per heavy atom. The van der Waals surface area contributed by atoms with Crippen molar-refractivity contribution in [3.8, 4) is 0 Å². The third-order valence-corrected chi connectivity index (χ3v) is 5.35. The van der Waals surface area contributed by atoms with E-state index >= 15 is 0 Å². The van der Waals surface area contributed by atoms with Crippen LogP contribution < -0.4 is 5.32 Å². The maximum absolute atomic E-state index is 6.01. The van der Waals surface area contributed by atoms with Crippen LogP contribution in [0.25, 0.3) is 0 Å². The Bertz CT molecular complexity index is 496. The molecule has 20 heavy (non-hydrogen) atoms. The molecule has 2 saturated heterocycles. The molecule has 110 valence electrons. The molecule has 2 atom stereocenters. The van der Waals surface area contributed by atoms with Crippen LogP contribution in [0.3, 0.4) is 0 Å². The van der Waals surface area contributed by atoms with E-state index in [2.05, 4.69) is 49.7 Å². The molecule has 1 aromatic heterocycles. The standard InChI is InChI=1S/C14H21IN4O/c1-3-16-14-12(15)9(2)17-13(18-14)11-7-19-6-4-5-10(19)8-20-11/h10-11H,3-8H2,1-2H3,(H,16,17,18). The quantitative estimate of drug-likeness (QED) is 0.806. The number of halogens is 1. The molecule has 2 unspecified atom stereocenters. The van der Waals surface area contributed by atoms with Crippen molar-refractivity contribution >= 4 is 28.4 Å². The highest BCUT2D eigenvalue weighted by molar-refractivity contribution is 14.1. The second-order valence-electron chi connectivity index (χ2n) is 5.47. The van der Waals surface area contributed by atoms with E-state index in [4.69, 9.17) is 4.74 Å². The normalized spacial score (nSPS) is 26.6. The van der Waals surface area contributed by atoms with E-state index in [1.807, 2.05) is 6.92 Å². The zero-order chi connectivity index (χ0) is 14.1. The average molecular weight is 388 g/mol. The predicted octanol–water partition coefficient (Wildman–Crippen LogP) is 2.36. The summed E-state index contributed by atoms with van der Waals surface area (Å²) in [6, 6.07) is 0.615. The Labute approximate surface area is 133 Å². The first-order valence-electron chi connectivity index (χ1n) is 7.32. The van der Waals surface area contributed by atoms with Crippen LogP contribution in [-0.4, -0.2) is 47.2 Å². The Balaban J connectivity index is 1.82. The second kappa shape index (κ2) is 6.11. The fraction of sp³-hybridized carbons (Fsp3) is 0.714. The van der Waals surface area contributed by atoms with Gasteiger partial charge in [0.05, 0.1) is 15.9 Å². The smallest absolute Gasteiger partial charge is 0.161 e. The molecule has 0 aromatic carbocycles. The van der Waals surface area contributed by atoms with Crippen LogP contribution >= 0.6 is 22.6 Å². The second-order valence-corrected chi connectivity index (χ2v) is 6.55. The highest BCUT2D eigenvalue weighted by Crippen LogP contribution is 2.30. The fourth-order valence-corrected chi connectivity index (χ4v) is 3.41. The van der Waals surface area contributed by atoms with Crippen LogP contribution in [0.1, 0.15) is 37.4 Å². The van der Waals surface area contributed by atoms with Crippen molar-refractivity contribution in [1.29, 1.82) is 0 Å². The summed E-state index contributed by atoms with van der Waals surface area (Å²) in [4.78, 5) is 11.8. The van der Waals surface area contributed by atoms with Crippen molar-refractivity contribution in [2.45, 2.75) is 38.8 Å². The minimum Gasteiger partial charge on any atom is -0.369 e. The summed E-state index contributed by atoms with van der Waals surface area (Å²) in [6.45, 7) is 7.92. The van der Waals surface area contributed by atoms with E-state index in [0.29, 0.717) is 6.04 Å². The van der Waals surface area contributed by atoms with Gasteiger partial charge in [-0.3, -0.25) is 4.90 Å². The topological polar surface area (TPSA) is 50.3 Å². The number of anilines is 1. The van der Waals surface area contributed by atoms with E-state index in [-0.39, 0.29) is 6.10 Å². The Morgan fingerprint density at radius 3 is 3.10 bits per heavy atom. The Morgan fingerprint density at radius 1 is 1.45 bits per heavy atom. The van der Waals surface area contributed by atoms with E-state index in [1.54, 1.807) is 0 Å². The van der Waals surface area contributed by atoms with Gasteiger partial charge in [0.1, 0.15) is 11.9 Å². The average Bonchev–Trinajstić information content (AvgIpc) is 2.91. The minimum absolute atomic E-state index is 0.0115. The first-order valence-corrected chi connectivity index (χ1v) is 8.40. The summed E-state index contributed by atoms with van der Waals surface area (Å²) in [6.07, 6.45) is 2.56. The van der Waals surface area contributed by atoms with Gasteiger partial charge in [0.15, 0.2) is 5.82 Å². The van der Waals surface area contributed by atoms with E-state index in [1.165, 1.54) is 19.4 Å². The fourth-order valence-electron chi connectivity index (χ4n) is 2.98. The molecule has 2 fully saturated rings. The van der Waals surface area contributed by atoms with E-state index in [9.17, 15) is 0 Å². The molecule has 0 bridgehead atoms. The molecule has 3 heterocycles. The molecule has 2 aliphatic heterocycles. The summed E-state index contributed by atoms with van der Waals surface area (Å²) >= 11 is 2.30. The molecule has 5 nitrogen and oxygen atoms in total. The zero-order valence-electron chi connectivity index (χ0n) is 12.0. The third-order valence-electron chi connectivity index (χ3n) is 4.06. The Kier molecular flexibility index (Phi) is 4.42. The first-order chi connectivity index (χ1) is 9.69. The molecular weight excluding hydrogens is 367 g/mol. The van der Waals surface area contributed by atoms with Crippen LogP contribution in [0, 0.1) is 10.5 Å². The SMILES string of the molecule is CCNc1nc(C2CN3CCCC3CO2)nc(C)c1I. The molecule has 1 N–H and O–H groups in total. The number of nitrogens with one attached hydrogen (secondary N) is 1. The van der Waals surface area contributed by atoms with Gasteiger partial charge in [-0.1, -0.05) is 0 Å². The first kappa shape index (κ1) is 14.5. The van der Waals surface area contributed by atoms with Crippen molar-refractivity contribution in [2.75, 3.05) is 31.6 Å². The van der Waals surface area contributed by atoms with Gasteiger partial charge in [0.25, 0.3) is 0 Å². The van der Waals surface area contributed by atoms with Gasteiger partial charge in [0.2, 0.25) is 0 Å². The molecule has 0 spiro atoms. The lowest BCUT2D eigenvalue weighted by atomic mass is 10.2. The monoisotopic (exact) mass is 388 g/mol. The lowest BCUT2D eigenvalue weighted by molar-refractivity contribution is -0.0541. The molecular formula is C14H21IN4O. The Hall–Kier alpha value is -0.470. The maximum Gasteiger partial charge on any atom is 0.161 e. The van der Waals surface area contributed by atoms with Gasteiger partial charge in [0, 0.05) is 19.1 Å². The lowest BCUT2D eigenvalue weighted by Gasteiger charge is -2.34. The highest BCUT2D eigenvalue weighted by Gasteiger charge is 2.34. The number of nitrogens with zero attached hydrogens (tertiary/aromatic N) is 3. The van der Waals surface area contributed by atoms with Crippen LogP contribution in [0.4, 0.5) is 5.82 Å². The number of hydrogen-bond donors (Lipinski definition) is 1. The molecule has 0 saturated carbocycles. The number of fused-ring (bicyclic) bond motifs is 1. The van der Waals surface area contributed by atoms with Crippen molar-refractivity contribution < 1.29 is 4.74 Å². The highest BCUT2D eigenvalue weighted by atomic mass is 127. The van der Waals surface area contributed by atoms with Crippen molar-refractivity contribution in [3.63, 3.8) is 0 Å². The van der Waals surface area contributed by atoms with E-state index in [0.717, 1.165) is 40.6 Å². The van der Waals surface area contributed by atoms with Crippen LogP contribution in [-0.2, 0) is 4.74 Å². The number of ether oxygens (including phenoxy) is 1. The van der Waals surface area contributed by atoms with Crippen LogP contribution in [0.5, 0.6) is 0 Å². The maximum atomic E-state index is 6.01. The summed E-state index contributed by atoms with van der Waals surface area (Å²) in [5, 5.41) is 3.31. The van der Waals surface area contributed by atoms with Crippen molar-refractivity contribution in [2.24, 2.45) is 0 Å². The minimum atomic E-state index is 0.0115. The van der Waals surface area contributed by atoms with Crippen LogP contribution in [0.2, 0.25) is 0 Å².